The molecule has 0 spiro atoms. The van der Waals surface area contributed by atoms with Crippen LogP contribution in [0.25, 0.3) is 11.1 Å². The Bertz CT molecular complexity index is 559. The molecule has 0 aliphatic rings. The quantitative estimate of drug-likeness (QED) is 0.763. The van der Waals surface area contributed by atoms with E-state index >= 15 is 0 Å². The average molecular weight is 252 g/mol. The van der Waals surface area contributed by atoms with Crippen LogP contribution in [0.3, 0.4) is 0 Å². The first-order valence-electron chi connectivity index (χ1n) is 5.20. The summed E-state index contributed by atoms with van der Waals surface area (Å²) in [6, 6.07) is 9.97. The first kappa shape index (κ1) is 12.3. The van der Waals surface area contributed by atoms with Gasteiger partial charge >= 0.3 is 6.18 Å². The van der Waals surface area contributed by atoms with Crippen molar-refractivity contribution in [2.45, 2.75) is 6.18 Å². The Morgan fingerprint density at radius 2 is 1.33 bits per heavy atom. The molecule has 0 radical (unpaired) electrons. The Morgan fingerprint density at radius 3 is 1.89 bits per heavy atom. The van der Waals surface area contributed by atoms with Gasteiger partial charge in [0.2, 0.25) is 0 Å². The monoisotopic (exact) mass is 252 g/mol. The lowest BCUT2D eigenvalue weighted by molar-refractivity contribution is -0.137. The molecule has 0 unspecified atom stereocenters. The first-order chi connectivity index (χ1) is 8.38. The van der Waals surface area contributed by atoms with E-state index in [9.17, 15) is 13.2 Å². The summed E-state index contributed by atoms with van der Waals surface area (Å²) in [7, 11) is 0. The van der Waals surface area contributed by atoms with E-state index in [1.165, 1.54) is 12.1 Å². The summed E-state index contributed by atoms with van der Waals surface area (Å²) in [5.41, 5.74) is 11.3. The normalized spacial score (nSPS) is 11.5. The van der Waals surface area contributed by atoms with Gasteiger partial charge in [-0.15, -0.1) is 0 Å². The summed E-state index contributed by atoms with van der Waals surface area (Å²) in [6.45, 7) is 0. The van der Waals surface area contributed by atoms with E-state index in [0.29, 0.717) is 11.3 Å². The Hall–Kier alpha value is -2.17. The second-order valence-electron chi connectivity index (χ2n) is 3.92. The van der Waals surface area contributed by atoms with Crippen LogP contribution in [-0.4, -0.2) is 0 Å². The van der Waals surface area contributed by atoms with E-state index in [0.717, 1.165) is 6.07 Å². The largest absolute Gasteiger partial charge is 0.417 e. The van der Waals surface area contributed by atoms with Crippen molar-refractivity contribution < 1.29 is 13.2 Å². The minimum absolute atomic E-state index is 0.0847. The van der Waals surface area contributed by atoms with Crippen LogP contribution in [0.15, 0.2) is 42.5 Å². The highest BCUT2D eigenvalue weighted by atomic mass is 19.4. The fourth-order valence-electron chi connectivity index (χ4n) is 1.71. The van der Waals surface area contributed by atoms with Gasteiger partial charge in [0.05, 0.1) is 5.56 Å². The number of benzene rings is 2. The Balaban J connectivity index is 2.60. The van der Waals surface area contributed by atoms with Crippen molar-refractivity contribution in [2.75, 3.05) is 11.5 Å². The van der Waals surface area contributed by atoms with Crippen LogP contribution in [0.4, 0.5) is 24.5 Å². The molecule has 4 N–H and O–H groups in total. The van der Waals surface area contributed by atoms with Crippen LogP contribution < -0.4 is 11.5 Å². The number of hydrogen-bond donors (Lipinski definition) is 2. The number of anilines is 2. The van der Waals surface area contributed by atoms with Gasteiger partial charge in [-0.05, 0) is 35.4 Å². The summed E-state index contributed by atoms with van der Waals surface area (Å²) in [5, 5.41) is 0. The zero-order valence-corrected chi connectivity index (χ0v) is 9.33. The lowest BCUT2D eigenvalue weighted by Crippen LogP contribution is -2.08. The lowest BCUT2D eigenvalue weighted by Gasteiger charge is -2.13. The van der Waals surface area contributed by atoms with Gasteiger partial charge in [0, 0.05) is 11.4 Å². The van der Waals surface area contributed by atoms with Crippen molar-refractivity contribution in [3.05, 3.63) is 48.0 Å². The first-order valence-corrected chi connectivity index (χ1v) is 5.20. The third-order valence-electron chi connectivity index (χ3n) is 2.57. The predicted molar refractivity (Wildman–Crippen MR) is 65.7 cm³/mol. The fourth-order valence-corrected chi connectivity index (χ4v) is 1.71. The van der Waals surface area contributed by atoms with Gasteiger partial charge in [-0.3, -0.25) is 0 Å². The van der Waals surface area contributed by atoms with Gasteiger partial charge < -0.3 is 11.5 Å². The molecular weight excluding hydrogens is 241 g/mol. The maximum atomic E-state index is 12.9. The molecule has 0 saturated carbocycles. The molecule has 5 heteroatoms. The minimum Gasteiger partial charge on any atom is -0.399 e. The van der Waals surface area contributed by atoms with Crippen molar-refractivity contribution in [3.63, 3.8) is 0 Å². The highest BCUT2D eigenvalue weighted by molar-refractivity contribution is 5.71. The van der Waals surface area contributed by atoms with Gasteiger partial charge in [-0.1, -0.05) is 18.2 Å². The molecule has 0 atom stereocenters. The van der Waals surface area contributed by atoms with E-state index in [1.807, 2.05) is 0 Å². The third kappa shape index (κ3) is 2.40. The molecule has 94 valence electrons. The van der Waals surface area contributed by atoms with Crippen molar-refractivity contribution in [2.24, 2.45) is 0 Å². The molecule has 0 heterocycles. The molecule has 2 rings (SSSR count). The molecule has 2 nitrogen and oxygen atoms in total. The number of nitrogen functional groups attached to an aromatic ring is 2. The maximum Gasteiger partial charge on any atom is 0.417 e. The molecule has 18 heavy (non-hydrogen) atoms. The summed E-state index contributed by atoms with van der Waals surface area (Å²) in [4.78, 5) is 0. The van der Waals surface area contributed by atoms with Gasteiger partial charge in [0.15, 0.2) is 0 Å². The molecule has 0 bridgehead atoms. The van der Waals surface area contributed by atoms with E-state index in [4.69, 9.17) is 11.5 Å². The van der Waals surface area contributed by atoms with Crippen molar-refractivity contribution >= 4 is 11.4 Å². The Kier molecular flexibility index (Phi) is 2.90. The van der Waals surface area contributed by atoms with E-state index in [-0.39, 0.29) is 11.3 Å². The van der Waals surface area contributed by atoms with Crippen LogP contribution in [0.1, 0.15) is 5.56 Å². The van der Waals surface area contributed by atoms with Crippen LogP contribution in [-0.2, 0) is 6.18 Å². The minimum atomic E-state index is -4.44. The van der Waals surface area contributed by atoms with E-state index in [1.54, 1.807) is 24.3 Å². The number of halogens is 3. The predicted octanol–water partition coefficient (Wildman–Crippen LogP) is 3.54. The fraction of sp³-hybridized carbons (Fsp3) is 0.0769. The third-order valence-corrected chi connectivity index (χ3v) is 2.57. The molecule has 2 aromatic rings. The Labute approximate surface area is 102 Å². The van der Waals surface area contributed by atoms with Crippen LogP contribution in [0.5, 0.6) is 0 Å². The van der Waals surface area contributed by atoms with Crippen molar-refractivity contribution in [3.8, 4) is 11.1 Å². The molecular formula is C13H11F3N2. The maximum absolute atomic E-state index is 12.9. The lowest BCUT2D eigenvalue weighted by atomic mass is 9.98. The number of alkyl halides is 3. The zero-order valence-electron chi connectivity index (χ0n) is 9.33. The topological polar surface area (TPSA) is 52.0 Å². The van der Waals surface area contributed by atoms with Crippen LogP contribution in [0.2, 0.25) is 0 Å². The highest BCUT2D eigenvalue weighted by Gasteiger charge is 2.33. The number of nitrogens with two attached hydrogens (primary N) is 2. The number of rotatable bonds is 1. The zero-order chi connectivity index (χ0) is 13.3. The van der Waals surface area contributed by atoms with E-state index in [2.05, 4.69) is 0 Å². The van der Waals surface area contributed by atoms with Crippen LogP contribution in [0, 0.1) is 0 Å². The van der Waals surface area contributed by atoms with Crippen molar-refractivity contribution in [1.82, 2.24) is 0 Å². The van der Waals surface area contributed by atoms with Crippen LogP contribution >= 0.6 is 0 Å². The molecule has 0 fully saturated rings. The van der Waals surface area contributed by atoms with Crippen molar-refractivity contribution in [1.29, 1.82) is 0 Å². The molecule has 0 aliphatic carbocycles. The molecule has 0 amide bonds. The highest BCUT2D eigenvalue weighted by Crippen LogP contribution is 2.38. The molecule has 0 aliphatic heterocycles. The molecule has 0 saturated heterocycles. The van der Waals surface area contributed by atoms with Gasteiger partial charge in [-0.2, -0.15) is 13.2 Å². The molecule has 0 aromatic heterocycles. The van der Waals surface area contributed by atoms with Gasteiger partial charge in [-0.25, -0.2) is 0 Å². The Morgan fingerprint density at radius 1 is 0.778 bits per heavy atom. The second-order valence-corrected chi connectivity index (χ2v) is 3.92. The van der Waals surface area contributed by atoms with Gasteiger partial charge in [0.25, 0.3) is 0 Å². The summed E-state index contributed by atoms with van der Waals surface area (Å²) in [6.07, 6.45) is -4.44. The SMILES string of the molecule is Nc1ccc(-c2ccc(N)cc2C(F)(F)F)cc1. The second kappa shape index (κ2) is 4.25. The molecule has 2 aromatic carbocycles. The summed E-state index contributed by atoms with van der Waals surface area (Å²) in [5.74, 6) is 0. The number of hydrogen-bond acceptors (Lipinski definition) is 2. The summed E-state index contributed by atoms with van der Waals surface area (Å²) < 4.78 is 38.7. The summed E-state index contributed by atoms with van der Waals surface area (Å²) >= 11 is 0. The van der Waals surface area contributed by atoms with E-state index < -0.39 is 11.7 Å². The standard InChI is InChI=1S/C13H11F3N2/c14-13(15,16)12-7-10(18)5-6-11(12)8-1-3-9(17)4-2-8/h1-7H,17-18H2. The average Bonchev–Trinajstić information content (AvgIpc) is 2.29. The smallest absolute Gasteiger partial charge is 0.399 e. The van der Waals surface area contributed by atoms with Gasteiger partial charge in [0.1, 0.15) is 0 Å².